The summed E-state index contributed by atoms with van der Waals surface area (Å²) in [7, 11) is 0. The van der Waals surface area contributed by atoms with Crippen molar-refractivity contribution >= 4 is 21.5 Å². The number of fused-ring (bicyclic) bond motifs is 6. The Kier molecular flexibility index (Phi) is 1.77. The zero-order valence-electron chi connectivity index (χ0n) is 10.6. The second-order valence-corrected chi connectivity index (χ2v) is 5.69. The molecule has 1 heterocycles. The first-order valence-electron chi connectivity index (χ1n) is 7.00. The molecule has 3 aromatic carbocycles. The first-order valence-corrected chi connectivity index (χ1v) is 7.00. The van der Waals surface area contributed by atoms with E-state index in [1.54, 1.807) is 0 Å². The van der Waals surface area contributed by atoms with Crippen molar-refractivity contribution in [3.63, 3.8) is 0 Å². The van der Waals surface area contributed by atoms with E-state index in [1.165, 1.54) is 45.5 Å². The summed E-state index contributed by atoms with van der Waals surface area (Å²) in [6, 6.07) is 17.8. The highest BCUT2D eigenvalue weighted by Crippen LogP contribution is 2.49. The number of rotatable bonds is 0. The molecule has 1 saturated heterocycles. The molecule has 1 aliphatic carbocycles. The van der Waals surface area contributed by atoms with Gasteiger partial charge in [-0.05, 0) is 57.6 Å². The highest BCUT2D eigenvalue weighted by atomic mass is 16.6. The monoisotopic (exact) mass is 246 g/mol. The van der Waals surface area contributed by atoms with Gasteiger partial charge in [0.25, 0.3) is 0 Å². The zero-order valence-corrected chi connectivity index (χ0v) is 10.6. The molecule has 0 amide bonds. The van der Waals surface area contributed by atoms with Crippen LogP contribution in [0.25, 0.3) is 21.5 Å². The van der Waals surface area contributed by atoms with Gasteiger partial charge in [-0.15, -0.1) is 0 Å². The predicted octanol–water partition coefficient (Wildman–Crippen LogP) is 4.38. The van der Waals surface area contributed by atoms with Gasteiger partial charge in [-0.1, -0.05) is 36.4 Å². The number of hydrogen-bond acceptors (Lipinski definition) is 1. The van der Waals surface area contributed by atoms with E-state index in [0.29, 0.717) is 12.2 Å². The van der Waals surface area contributed by atoms with Gasteiger partial charge in [-0.25, -0.2) is 0 Å². The fourth-order valence-corrected chi connectivity index (χ4v) is 3.55. The summed E-state index contributed by atoms with van der Waals surface area (Å²) >= 11 is 0. The fourth-order valence-electron chi connectivity index (χ4n) is 3.55. The Bertz CT molecular complexity index is 818. The van der Waals surface area contributed by atoms with Crippen LogP contribution in [0.2, 0.25) is 0 Å². The molecular formula is C18H14O. The summed E-state index contributed by atoms with van der Waals surface area (Å²) in [5, 5.41) is 5.38. The second kappa shape index (κ2) is 3.37. The molecule has 2 atom stereocenters. The van der Waals surface area contributed by atoms with Crippen molar-refractivity contribution in [1.29, 1.82) is 0 Å². The van der Waals surface area contributed by atoms with Gasteiger partial charge in [0.15, 0.2) is 0 Å². The molecule has 2 unspecified atom stereocenters. The van der Waals surface area contributed by atoms with Gasteiger partial charge in [0.1, 0.15) is 6.10 Å². The highest BCUT2D eigenvalue weighted by Gasteiger charge is 2.44. The third-order valence-corrected chi connectivity index (χ3v) is 4.58. The maximum Gasteiger partial charge on any atom is 0.110 e. The summed E-state index contributed by atoms with van der Waals surface area (Å²) < 4.78 is 5.82. The molecule has 5 rings (SSSR count). The van der Waals surface area contributed by atoms with E-state index >= 15 is 0 Å². The minimum absolute atomic E-state index is 0.369. The molecule has 0 aromatic heterocycles. The summed E-state index contributed by atoms with van der Waals surface area (Å²) in [4.78, 5) is 0. The Morgan fingerprint density at radius 2 is 1.74 bits per heavy atom. The molecule has 0 saturated carbocycles. The van der Waals surface area contributed by atoms with Crippen LogP contribution < -0.4 is 0 Å². The van der Waals surface area contributed by atoms with Crippen LogP contribution in [0.4, 0.5) is 0 Å². The first-order chi connectivity index (χ1) is 9.40. The molecule has 0 N–H and O–H groups in total. The van der Waals surface area contributed by atoms with Gasteiger partial charge in [-0.3, -0.25) is 0 Å². The van der Waals surface area contributed by atoms with Gasteiger partial charge in [0.2, 0.25) is 0 Å². The standard InChI is InChI=1S/C18H14O/c1-2-4-13-10-15-14(9-12(13)3-1)6-5-11-7-8-16-18(19-16)17(11)15/h1-6,9-10,16,18H,7-8H2. The molecule has 0 radical (unpaired) electrons. The normalized spacial score (nSPS) is 24.2. The van der Waals surface area contributed by atoms with E-state index in [-0.39, 0.29) is 0 Å². The first kappa shape index (κ1) is 9.99. The number of benzene rings is 3. The second-order valence-electron chi connectivity index (χ2n) is 5.69. The van der Waals surface area contributed by atoms with Gasteiger partial charge < -0.3 is 4.74 Å². The van der Waals surface area contributed by atoms with Crippen LogP contribution in [0.15, 0.2) is 48.5 Å². The third kappa shape index (κ3) is 1.34. The third-order valence-electron chi connectivity index (χ3n) is 4.58. The van der Waals surface area contributed by atoms with E-state index in [1.807, 2.05) is 0 Å². The highest BCUT2D eigenvalue weighted by molar-refractivity contribution is 6.00. The van der Waals surface area contributed by atoms with Crippen LogP contribution in [0.3, 0.4) is 0 Å². The van der Waals surface area contributed by atoms with Crippen LogP contribution in [-0.4, -0.2) is 6.10 Å². The lowest BCUT2D eigenvalue weighted by Crippen LogP contribution is -2.04. The fraction of sp³-hybridized carbons (Fsp3) is 0.222. The molecule has 1 heteroatoms. The van der Waals surface area contributed by atoms with E-state index in [0.717, 1.165) is 0 Å². The average Bonchev–Trinajstić information content (AvgIpc) is 3.24. The molecule has 1 aliphatic heterocycles. The van der Waals surface area contributed by atoms with E-state index in [2.05, 4.69) is 48.5 Å². The van der Waals surface area contributed by atoms with Crippen LogP contribution >= 0.6 is 0 Å². The van der Waals surface area contributed by atoms with Crippen molar-refractivity contribution in [2.24, 2.45) is 0 Å². The van der Waals surface area contributed by atoms with Crippen molar-refractivity contribution in [3.05, 3.63) is 59.7 Å². The van der Waals surface area contributed by atoms with Crippen molar-refractivity contribution in [3.8, 4) is 0 Å². The molecule has 92 valence electrons. The Morgan fingerprint density at radius 3 is 2.63 bits per heavy atom. The quantitative estimate of drug-likeness (QED) is 0.423. The minimum Gasteiger partial charge on any atom is -0.364 e. The topological polar surface area (TPSA) is 12.5 Å². The average molecular weight is 246 g/mol. The molecule has 3 aromatic rings. The Labute approximate surface area is 111 Å². The zero-order chi connectivity index (χ0) is 12.4. The van der Waals surface area contributed by atoms with Gasteiger partial charge in [0, 0.05) is 0 Å². The number of aryl methyl sites for hydroxylation is 1. The molecule has 1 fully saturated rings. The van der Waals surface area contributed by atoms with Crippen LogP contribution in [0, 0.1) is 0 Å². The van der Waals surface area contributed by atoms with E-state index < -0.39 is 0 Å². The molecule has 19 heavy (non-hydrogen) atoms. The van der Waals surface area contributed by atoms with Gasteiger partial charge >= 0.3 is 0 Å². The van der Waals surface area contributed by atoms with Crippen LogP contribution in [0.5, 0.6) is 0 Å². The number of ether oxygens (including phenoxy) is 1. The smallest absolute Gasteiger partial charge is 0.110 e. The predicted molar refractivity (Wildman–Crippen MR) is 77.4 cm³/mol. The molecule has 2 aliphatic rings. The van der Waals surface area contributed by atoms with Crippen LogP contribution in [0.1, 0.15) is 23.7 Å². The minimum atomic E-state index is 0.369. The lowest BCUT2D eigenvalue weighted by Gasteiger charge is -2.15. The molecule has 0 bridgehead atoms. The molecule has 1 nitrogen and oxygen atoms in total. The lowest BCUT2D eigenvalue weighted by molar-refractivity contribution is 0.373. The molecular weight excluding hydrogens is 232 g/mol. The lowest BCUT2D eigenvalue weighted by atomic mass is 9.87. The van der Waals surface area contributed by atoms with Gasteiger partial charge in [0.05, 0.1) is 6.10 Å². The molecule has 0 spiro atoms. The number of hydrogen-bond donors (Lipinski definition) is 0. The summed E-state index contributed by atoms with van der Waals surface area (Å²) in [5.74, 6) is 0. The summed E-state index contributed by atoms with van der Waals surface area (Å²) in [5.41, 5.74) is 2.95. The van der Waals surface area contributed by atoms with Crippen molar-refractivity contribution in [2.75, 3.05) is 0 Å². The Morgan fingerprint density at radius 1 is 0.895 bits per heavy atom. The summed E-state index contributed by atoms with van der Waals surface area (Å²) in [6.45, 7) is 0. The maximum absolute atomic E-state index is 5.82. The SMILES string of the molecule is c1ccc2cc3c4c(ccc3cc2c1)CCC1OC41. The van der Waals surface area contributed by atoms with Crippen molar-refractivity contribution < 1.29 is 4.74 Å². The largest absolute Gasteiger partial charge is 0.364 e. The number of epoxide rings is 1. The van der Waals surface area contributed by atoms with Crippen molar-refractivity contribution in [1.82, 2.24) is 0 Å². The van der Waals surface area contributed by atoms with Crippen molar-refractivity contribution in [2.45, 2.75) is 25.0 Å². The van der Waals surface area contributed by atoms with E-state index in [9.17, 15) is 0 Å². The van der Waals surface area contributed by atoms with E-state index in [4.69, 9.17) is 4.74 Å². The maximum atomic E-state index is 5.82. The van der Waals surface area contributed by atoms with Gasteiger partial charge in [-0.2, -0.15) is 0 Å². The Balaban J connectivity index is 1.91. The Hall–Kier alpha value is -1.86. The van der Waals surface area contributed by atoms with Crippen LogP contribution in [-0.2, 0) is 11.2 Å². The summed E-state index contributed by atoms with van der Waals surface area (Å²) in [6.07, 6.45) is 3.22.